The summed E-state index contributed by atoms with van der Waals surface area (Å²) in [5, 5.41) is 0.672. The highest BCUT2D eigenvalue weighted by Gasteiger charge is 2.40. The molecule has 0 fully saturated rings. The molecule has 2 aromatic rings. The molecule has 0 aliphatic rings. The molecule has 0 aliphatic heterocycles. The van der Waals surface area contributed by atoms with Gasteiger partial charge >= 0.3 is 13.6 Å². The fourth-order valence-corrected chi connectivity index (χ4v) is 4.73. The number of esters is 1. The van der Waals surface area contributed by atoms with Crippen LogP contribution < -0.4 is 4.74 Å². The average Bonchev–Trinajstić information content (AvgIpc) is 2.73. The van der Waals surface area contributed by atoms with Crippen LogP contribution in [-0.4, -0.2) is 25.8 Å². The first-order chi connectivity index (χ1) is 14.4. The zero-order valence-electron chi connectivity index (χ0n) is 17.5. The van der Waals surface area contributed by atoms with Gasteiger partial charge in [0.25, 0.3) is 0 Å². The molecule has 0 N–H and O–H groups in total. The van der Waals surface area contributed by atoms with Gasteiger partial charge in [-0.3, -0.25) is 9.36 Å². The predicted molar refractivity (Wildman–Crippen MR) is 117 cm³/mol. The van der Waals surface area contributed by atoms with Crippen molar-refractivity contribution in [1.82, 2.24) is 0 Å². The quantitative estimate of drug-likeness (QED) is 0.212. The number of rotatable bonds is 12. The molecule has 6 nitrogen and oxygen atoms in total. The topological polar surface area (TPSA) is 71.1 Å². The minimum atomic E-state index is -3.69. The van der Waals surface area contributed by atoms with Crippen LogP contribution in [0.4, 0.5) is 0 Å². The summed E-state index contributed by atoms with van der Waals surface area (Å²) in [5.41, 5.74) is 1.48. The third-order valence-corrected chi connectivity index (χ3v) is 6.79. The van der Waals surface area contributed by atoms with Gasteiger partial charge in [0, 0.05) is 17.0 Å². The Balaban J connectivity index is 1.98. The second-order valence-corrected chi connectivity index (χ2v) is 8.96. The number of halogens is 1. The van der Waals surface area contributed by atoms with E-state index in [4.69, 9.17) is 30.1 Å². The van der Waals surface area contributed by atoms with E-state index >= 15 is 0 Å². The summed E-state index contributed by atoms with van der Waals surface area (Å²) in [6.07, 6.45) is 0.545. The van der Waals surface area contributed by atoms with E-state index in [2.05, 4.69) is 0 Å². The maximum absolute atomic E-state index is 13.3. The second kappa shape index (κ2) is 12.1. The molecule has 0 heterocycles. The Hall–Kier alpha value is -1.85. The molecule has 0 aliphatic carbocycles. The minimum Gasteiger partial charge on any atom is -0.494 e. The molecule has 0 saturated carbocycles. The molecule has 8 heteroatoms. The zero-order chi connectivity index (χ0) is 22.0. The fourth-order valence-electron chi connectivity index (χ4n) is 2.76. The normalized spacial score (nSPS) is 12.4. The minimum absolute atomic E-state index is 0.105. The summed E-state index contributed by atoms with van der Waals surface area (Å²) in [6.45, 7) is 6.00. The van der Waals surface area contributed by atoms with E-state index in [0.29, 0.717) is 29.4 Å². The molecule has 1 atom stereocenters. The molecule has 2 aromatic carbocycles. The summed E-state index contributed by atoms with van der Waals surface area (Å²) < 4.78 is 35.3. The molecule has 0 saturated heterocycles. The van der Waals surface area contributed by atoms with Gasteiger partial charge in [0.15, 0.2) is 0 Å². The van der Waals surface area contributed by atoms with Crippen LogP contribution in [0.15, 0.2) is 48.5 Å². The second-order valence-electron chi connectivity index (χ2n) is 6.49. The molecule has 0 bridgehead atoms. The van der Waals surface area contributed by atoms with Gasteiger partial charge in [-0.05, 0) is 51.0 Å². The lowest BCUT2D eigenvalue weighted by Crippen LogP contribution is -2.15. The average molecular weight is 455 g/mol. The van der Waals surface area contributed by atoms with Crippen LogP contribution in [0.3, 0.4) is 0 Å². The number of hydrogen-bond acceptors (Lipinski definition) is 6. The Labute approximate surface area is 183 Å². The molecule has 0 spiro atoms. The van der Waals surface area contributed by atoms with Crippen LogP contribution in [0, 0.1) is 6.92 Å². The Morgan fingerprint density at radius 1 is 1.07 bits per heavy atom. The first kappa shape index (κ1) is 24.4. The van der Waals surface area contributed by atoms with Crippen molar-refractivity contribution in [3.05, 3.63) is 64.7 Å². The highest BCUT2D eigenvalue weighted by atomic mass is 35.5. The van der Waals surface area contributed by atoms with Gasteiger partial charge in [0.1, 0.15) is 5.75 Å². The van der Waals surface area contributed by atoms with Crippen molar-refractivity contribution in [3.63, 3.8) is 0 Å². The van der Waals surface area contributed by atoms with Gasteiger partial charge in [0.2, 0.25) is 5.85 Å². The third-order valence-electron chi connectivity index (χ3n) is 4.16. The molecule has 0 amide bonds. The molecule has 0 aromatic heterocycles. The molecular weight excluding hydrogens is 427 g/mol. The van der Waals surface area contributed by atoms with E-state index in [1.54, 1.807) is 50.2 Å². The van der Waals surface area contributed by atoms with Gasteiger partial charge in [-0.1, -0.05) is 41.9 Å². The number of benzene rings is 2. The SMILES string of the molecule is CCOP(=O)(OCC)C(OC(=O)CCCOc1ccc(Cl)c(C)c1)c1ccccc1. The third kappa shape index (κ3) is 7.13. The van der Waals surface area contributed by atoms with Gasteiger partial charge in [-0.2, -0.15) is 0 Å². The lowest BCUT2D eigenvalue weighted by molar-refractivity contribution is -0.147. The lowest BCUT2D eigenvalue weighted by Gasteiger charge is -2.26. The van der Waals surface area contributed by atoms with E-state index in [1.165, 1.54) is 0 Å². The van der Waals surface area contributed by atoms with Crippen molar-refractivity contribution in [1.29, 1.82) is 0 Å². The number of carbonyl (C=O) groups is 1. The van der Waals surface area contributed by atoms with Crippen LogP contribution in [0.5, 0.6) is 5.75 Å². The Kier molecular flexibility index (Phi) is 9.86. The van der Waals surface area contributed by atoms with Gasteiger partial charge in [-0.25, -0.2) is 0 Å². The highest BCUT2D eigenvalue weighted by Crippen LogP contribution is 2.61. The van der Waals surface area contributed by atoms with Crippen LogP contribution in [0.1, 0.15) is 43.7 Å². The number of aryl methyl sites for hydroxylation is 1. The van der Waals surface area contributed by atoms with Crippen molar-refractivity contribution in [3.8, 4) is 5.75 Å². The maximum Gasteiger partial charge on any atom is 0.375 e. The van der Waals surface area contributed by atoms with Crippen LogP contribution in [-0.2, 0) is 23.1 Å². The summed E-state index contributed by atoms with van der Waals surface area (Å²) in [4.78, 5) is 12.5. The molecule has 164 valence electrons. The first-order valence-corrected chi connectivity index (χ1v) is 11.9. The first-order valence-electron chi connectivity index (χ1n) is 9.91. The van der Waals surface area contributed by atoms with Crippen LogP contribution >= 0.6 is 19.2 Å². The smallest absolute Gasteiger partial charge is 0.375 e. The van der Waals surface area contributed by atoms with E-state index in [9.17, 15) is 9.36 Å². The van der Waals surface area contributed by atoms with Gasteiger partial charge < -0.3 is 18.5 Å². The van der Waals surface area contributed by atoms with Crippen molar-refractivity contribution >= 4 is 25.2 Å². The zero-order valence-corrected chi connectivity index (χ0v) is 19.2. The highest BCUT2D eigenvalue weighted by molar-refractivity contribution is 7.54. The lowest BCUT2D eigenvalue weighted by atomic mass is 10.2. The Morgan fingerprint density at radius 2 is 1.73 bits per heavy atom. The van der Waals surface area contributed by atoms with Crippen LogP contribution in [0.2, 0.25) is 5.02 Å². The molecule has 30 heavy (non-hydrogen) atoms. The number of hydrogen-bond donors (Lipinski definition) is 0. The van der Waals surface area contributed by atoms with Crippen LogP contribution in [0.25, 0.3) is 0 Å². The standard InChI is InChI=1S/C22H28ClO6P/c1-4-27-30(25,28-5-2)22(18-10-7-6-8-11-18)29-21(24)12-9-15-26-19-13-14-20(23)17(3)16-19/h6-8,10-11,13-14,16,22H,4-5,9,12,15H2,1-3H3. The molecule has 0 radical (unpaired) electrons. The monoisotopic (exact) mass is 454 g/mol. The Morgan fingerprint density at radius 3 is 2.33 bits per heavy atom. The number of ether oxygens (including phenoxy) is 2. The maximum atomic E-state index is 13.3. The van der Waals surface area contributed by atoms with Gasteiger partial charge in [-0.15, -0.1) is 0 Å². The van der Waals surface area contributed by atoms with E-state index in [-0.39, 0.29) is 19.6 Å². The van der Waals surface area contributed by atoms with Crippen molar-refractivity contribution in [2.45, 2.75) is 39.5 Å². The van der Waals surface area contributed by atoms with E-state index in [1.807, 2.05) is 19.1 Å². The predicted octanol–water partition coefficient (Wildman–Crippen LogP) is 6.32. The molecule has 2 rings (SSSR count). The molecular formula is C22H28ClO6P. The fraction of sp³-hybridized carbons (Fsp3) is 0.409. The van der Waals surface area contributed by atoms with E-state index in [0.717, 1.165) is 5.56 Å². The van der Waals surface area contributed by atoms with Crippen molar-refractivity contribution < 1.29 is 27.9 Å². The summed E-state index contributed by atoms with van der Waals surface area (Å²) in [7, 11) is -3.69. The number of carbonyl (C=O) groups excluding carboxylic acids is 1. The Bertz CT molecular complexity index is 848. The van der Waals surface area contributed by atoms with Crippen molar-refractivity contribution in [2.24, 2.45) is 0 Å². The summed E-state index contributed by atoms with van der Waals surface area (Å²) in [6, 6.07) is 14.2. The van der Waals surface area contributed by atoms with Crippen molar-refractivity contribution in [2.75, 3.05) is 19.8 Å². The van der Waals surface area contributed by atoms with E-state index < -0.39 is 19.4 Å². The summed E-state index contributed by atoms with van der Waals surface area (Å²) in [5.74, 6) is -0.935. The van der Waals surface area contributed by atoms with Gasteiger partial charge in [0.05, 0.1) is 19.8 Å². The largest absolute Gasteiger partial charge is 0.494 e. The summed E-state index contributed by atoms with van der Waals surface area (Å²) >= 11 is 6.00. The molecule has 1 unspecified atom stereocenters.